The standard InChI is InChI=1S/C28H24N4O3/c33-25-15-21-13-7-8-14-22(21)28(35)27(25)23-16-24(20-11-5-2-6-12-20)32(31-23)26(34)18-30-29-17-19-9-3-1-4-10-19/h1-14,17,24,30,35H,15-16,18H2/b29-17+. The molecule has 0 fully saturated rings. The number of hydrazone groups is 2. The lowest BCUT2D eigenvalue weighted by Gasteiger charge is -2.22. The maximum absolute atomic E-state index is 13.1. The minimum Gasteiger partial charge on any atom is -0.506 e. The molecule has 0 saturated heterocycles. The van der Waals surface area contributed by atoms with E-state index >= 15 is 0 Å². The van der Waals surface area contributed by atoms with E-state index in [-0.39, 0.29) is 42.0 Å². The minimum atomic E-state index is -0.385. The Kier molecular flexibility index (Phi) is 6.22. The van der Waals surface area contributed by atoms with Gasteiger partial charge in [-0.25, -0.2) is 5.01 Å². The van der Waals surface area contributed by atoms with Gasteiger partial charge in [-0.15, -0.1) is 0 Å². The predicted molar refractivity (Wildman–Crippen MR) is 135 cm³/mol. The topological polar surface area (TPSA) is 94.4 Å². The van der Waals surface area contributed by atoms with E-state index in [2.05, 4.69) is 15.6 Å². The molecule has 1 unspecified atom stereocenters. The Morgan fingerprint density at radius 1 is 1.03 bits per heavy atom. The Morgan fingerprint density at radius 3 is 2.49 bits per heavy atom. The zero-order valence-electron chi connectivity index (χ0n) is 19.0. The number of aliphatic hydroxyl groups is 1. The molecule has 1 heterocycles. The van der Waals surface area contributed by atoms with Crippen molar-refractivity contribution in [1.82, 2.24) is 10.4 Å². The lowest BCUT2D eigenvalue weighted by molar-refractivity contribution is -0.132. The molecule has 35 heavy (non-hydrogen) atoms. The van der Waals surface area contributed by atoms with Gasteiger partial charge in [0.25, 0.3) is 5.91 Å². The first-order valence-electron chi connectivity index (χ1n) is 11.4. The number of nitrogens with one attached hydrogen (secondary N) is 1. The van der Waals surface area contributed by atoms with Crippen LogP contribution in [-0.4, -0.2) is 40.3 Å². The third-order valence-corrected chi connectivity index (χ3v) is 6.11. The number of amides is 1. The first-order chi connectivity index (χ1) is 17.1. The van der Waals surface area contributed by atoms with Crippen LogP contribution in [0, 0.1) is 0 Å². The van der Waals surface area contributed by atoms with Gasteiger partial charge in [0.2, 0.25) is 0 Å². The average molecular weight is 465 g/mol. The van der Waals surface area contributed by atoms with Gasteiger partial charge in [-0.05, 0) is 16.7 Å². The number of fused-ring (bicyclic) bond motifs is 1. The monoisotopic (exact) mass is 464 g/mol. The lowest BCUT2D eigenvalue weighted by Crippen LogP contribution is -2.33. The van der Waals surface area contributed by atoms with Crippen LogP contribution in [0.25, 0.3) is 5.76 Å². The second-order valence-electron chi connectivity index (χ2n) is 8.40. The number of aliphatic hydroxyl groups excluding tert-OH is 1. The van der Waals surface area contributed by atoms with Gasteiger partial charge in [0, 0.05) is 18.4 Å². The fourth-order valence-corrected chi connectivity index (χ4v) is 4.41. The molecule has 2 N–H and O–H groups in total. The summed E-state index contributed by atoms with van der Waals surface area (Å²) in [6, 6.07) is 26.0. The molecule has 0 aromatic heterocycles. The Bertz CT molecular complexity index is 1350. The summed E-state index contributed by atoms with van der Waals surface area (Å²) in [6.45, 7) is -0.0642. The van der Waals surface area contributed by atoms with Crippen LogP contribution < -0.4 is 5.43 Å². The molecule has 2 aliphatic rings. The van der Waals surface area contributed by atoms with Crippen LogP contribution in [0.15, 0.2) is 101 Å². The number of carbonyl (C=O) groups is 2. The van der Waals surface area contributed by atoms with Gasteiger partial charge in [0.05, 0.1) is 23.5 Å². The van der Waals surface area contributed by atoms with Gasteiger partial charge in [0.15, 0.2) is 5.78 Å². The maximum atomic E-state index is 13.1. The minimum absolute atomic E-state index is 0.0642. The van der Waals surface area contributed by atoms with Crippen molar-refractivity contribution in [2.24, 2.45) is 10.2 Å². The highest BCUT2D eigenvalue weighted by molar-refractivity contribution is 6.28. The fourth-order valence-electron chi connectivity index (χ4n) is 4.41. The van der Waals surface area contributed by atoms with Crippen LogP contribution >= 0.6 is 0 Å². The third kappa shape index (κ3) is 4.61. The number of rotatable bonds is 6. The van der Waals surface area contributed by atoms with Crippen LogP contribution in [-0.2, 0) is 16.0 Å². The van der Waals surface area contributed by atoms with Gasteiger partial charge in [-0.2, -0.15) is 10.2 Å². The van der Waals surface area contributed by atoms with E-state index < -0.39 is 0 Å². The highest BCUT2D eigenvalue weighted by atomic mass is 16.3. The van der Waals surface area contributed by atoms with E-state index in [0.717, 1.165) is 16.7 Å². The number of allylic oxidation sites excluding steroid dienone is 1. The van der Waals surface area contributed by atoms with Crippen LogP contribution in [0.5, 0.6) is 0 Å². The Morgan fingerprint density at radius 2 is 1.71 bits per heavy atom. The van der Waals surface area contributed by atoms with Crippen LogP contribution in [0.4, 0.5) is 0 Å². The van der Waals surface area contributed by atoms with Gasteiger partial charge < -0.3 is 10.5 Å². The molecule has 1 amide bonds. The Labute approximate surface area is 203 Å². The summed E-state index contributed by atoms with van der Waals surface area (Å²) in [5, 5.41) is 21.0. The molecular weight excluding hydrogens is 440 g/mol. The number of nitrogens with zero attached hydrogens (tertiary/aromatic N) is 3. The molecule has 0 bridgehead atoms. The summed E-state index contributed by atoms with van der Waals surface area (Å²) < 4.78 is 0. The lowest BCUT2D eigenvalue weighted by atomic mass is 9.85. The largest absolute Gasteiger partial charge is 0.506 e. The van der Waals surface area contributed by atoms with Crippen molar-refractivity contribution in [2.75, 3.05) is 6.54 Å². The molecule has 3 aromatic rings. The van der Waals surface area contributed by atoms with Crippen molar-refractivity contribution in [2.45, 2.75) is 18.9 Å². The quantitative estimate of drug-likeness (QED) is 0.425. The summed E-state index contributed by atoms with van der Waals surface area (Å²) >= 11 is 0. The van der Waals surface area contributed by atoms with Crippen molar-refractivity contribution in [1.29, 1.82) is 0 Å². The maximum Gasteiger partial charge on any atom is 0.264 e. The van der Waals surface area contributed by atoms with Crippen molar-refractivity contribution >= 4 is 29.4 Å². The molecule has 0 spiro atoms. The highest BCUT2D eigenvalue weighted by Gasteiger charge is 2.38. The van der Waals surface area contributed by atoms with Crippen molar-refractivity contribution in [3.63, 3.8) is 0 Å². The van der Waals surface area contributed by atoms with Crippen molar-refractivity contribution in [3.8, 4) is 0 Å². The summed E-state index contributed by atoms with van der Waals surface area (Å²) in [4.78, 5) is 26.1. The second kappa shape index (κ2) is 9.77. The van der Waals surface area contributed by atoms with Crippen molar-refractivity contribution < 1.29 is 14.7 Å². The molecule has 0 saturated carbocycles. The van der Waals surface area contributed by atoms with Gasteiger partial charge >= 0.3 is 0 Å². The number of carbonyl (C=O) groups excluding carboxylic acids is 2. The summed E-state index contributed by atoms with van der Waals surface area (Å²) in [6.07, 6.45) is 2.16. The molecule has 3 aromatic carbocycles. The molecule has 0 radical (unpaired) electrons. The number of Topliss-reactive ketones (excluding diaryl/α,β-unsaturated/α-hetero) is 1. The predicted octanol–water partition coefficient (Wildman–Crippen LogP) is 4.03. The molecular formula is C28H24N4O3. The molecule has 1 aliphatic carbocycles. The average Bonchev–Trinajstić information content (AvgIpc) is 3.33. The Hall–Kier alpha value is -4.52. The zero-order valence-corrected chi connectivity index (χ0v) is 19.0. The van der Waals surface area contributed by atoms with E-state index in [1.165, 1.54) is 5.01 Å². The molecule has 7 nitrogen and oxygen atoms in total. The summed E-state index contributed by atoms with van der Waals surface area (Å²) in [7, 11) is 0. The van der Waals surface area contributed by atoms with E-state index in [4.69, 9.17) is 0 Å². The summed E-state index contributed by atoms with van der Waals surface area (Å²) in [5.41, 5.74) is 6.61. The summed E-state index contributed by atoms with van der Waals surface area (Å²) in [5.74, 6) is -0.572. The van der Waals surface area contributed by atoms with Crippen molar-refractivity contribution in [3.05, 3.63) is 113 Å². The number of ketones is 1. The Balaban J connectivity index is 1.41. The smallest absolute Gasteiger partial charge is 0.264 e. The normalized spacial score (nSPS) is 17.5. The first kappa shape index (κ1) is 22.3. The van der Waals surface area contributed by atoms with E-state index in [1.807, 2.05) is 78.9 Å². The molecule has 174 valence electrons. The SMILES string of the molecule is O=C1Cc2ccccc2C(O)=C1C1=NN(C(=O)CN/N=C/c2ccccc2)C(c2ccccc2)C1. The van der Waals surface area contributed by atoms with Crippen LogP contribution in [0.3, 0.4) is 0 Å². The molecule has 1 atom stereocenters. The van der Waals surface area contributed by atoms with Gasteiger partial charge in [0.1, 0.15) is 12.3 Å². The van der Waals surface area contributed by atoms with E-state index in [1.54, 1.807) is 12.3 Å². The second-order valence-corrected chi connectivity index (χ2v) is 8.40. The number of hydrogen-bond donors (Lipinski definition) is 2. The van der Waals surface area contributed by atoms with Gasteiger partial charge in [-0.1, -0.05) is 84.9 Å². The third-order valence-electron chi connectivity index (χ3n) is 6.11. The number of benzene rings is 3. The van der Waals surface area contributed by atoms with Gasteiger partial charge in [-0.3, -0.25) is 9.59 Å². The van der Waals surface area contributed by atoms with Crippen LogP contribution in [0.2, 0.25) is 0 Å². The number of hydrogen-bond acceptors (Lipinski definition) is 6. The van der Waals surface area contributed by atoms with E-state index in [9.17, 15) is 14.7 Å². The zero-order chi connectivity index (χ0) is 24.2. The fraction of sp³-hybridized carbons (Fsp3) is 0.143. The molecule has 1 aliphatic heterocycles. The highest BCUT2D eigenvalue weighted by Crippen LogP contribution is 2.36. The van der Waals surface area contributed by atoms with E-state index in [0.29, 0.717) is 17.7 Å². The molecule has 5 rings (SSSR count). The van der Waals surface area contributed by atoms with Crippen LogP contribution in [0.1, 0.15) is 34.7 Å². The first-order valence-corrected chi connectivity index (χ1v) is 11.4. The molecule has 7 heteroatoms.